The summed E-state index contributed by atoms with van der Waals surface area (Å²) in [6.07, 6.45) is 11.6. The Morgan fingerprint density at radius 3 is 1.90 bits per heavy atom. The predicted octanol–water partition coefficient (Wildman–Crippen LogP) is 1.41. The molecule has 0 aliphatic carbocycles. The first-order valence-electron chi connectivity index (χ1n) is 7.68. The Labute approximate surface area is 125 Å². The molecule has 1 aliphatic rings. The molecule has 0 aromatic rings. The molecule has 3 amide bonds. The first-order chi connectivity index (χ1) is 10.1. The van der Waals surface area contributed by atoms with Gasteiger partial charge in [-0.15, -0.1) is 0 Å². The molecule has 0 bridgehead atoms. The molecule has 0 saturated heterocycles. The van der Waals surface area contributed by atoms with Crippen molar-refractivity contribution in [1.29, 1.82) is 0 Å². The largest absolute Gasteiger partial charge is 0.294 e. The summed E-state index contributed by atoms with van der Waals surface area (Å²) in [6, 6.07) is 0. The van der Waals surface area contributed by atoms with Crippen molar-refractivity contribution in [3.05, 3.63) is 12.2 Å². The summed E-state index contributed by atoms with van der Waals surface area (Å²) in [7, 11) is 0. The van der Waals surface area contributed by atoms with E-state index in [1.165, 1.54) is 17.1 Å². The Morgan fingerprint density at radius 2 is 1.38 bits per heavy atom. The molecule has 6 nitrogen and oxygen atoms in total. The Morgan fingerprint density at radius 1 is 0.905 bits per heavy atom. The monoisotopic (exact) mass is 295 g/mol. The zero-order valence-electron chi connectivity index (χ0n) is 12.5. The minimum atomic E-state index is -0.193. The zero-order valence-corrected chi connectivity index (χ0v) is 12.5. The summed E-state index contributed by atoms with van der Waals surface area (Å²) in [4.78, 5) is 34.8. The Kier molecular flexibility index (Phi) is 8.35. The highest BCUT2D eigenvalue weighted by molar-refractivity contribution is 6.12. The highest BCUT2D eigenvalue weighted by Crippen LogP contribution is 2.11. The lowest BCUT2D eigenvalue weighted by atomic mass is 10.1. The molecule has 0 saturated carbocycles. The maximum absolute atomic E-state index is 11.3. The number of hydrogen-bond donors (Lipinski definition) is 2. The van der Waals surface area contributed by atoms with Gasteiger partial charge in [0.15, 0.2) is 0 Å². The average Bonchev–Trinajstić information content (AvgIpc) is 2.80. The van der Waals surface area contributed by atoms with E-state index < -0.39 is 0 Å². The summed E-state index contributed by atoms with van der Waals surface area (Å²) in [6.45, 7) is 0.527. The van der Waals surface area contributed by atoms with Crippen molar-refractivity contribution in [2.24, 2.45) is 5.84 Å². The summed E-state index contributed by atoms with van der Waals surface area (Å²) < 4.78 is 0. The van der Waals surface area contributed by atoms with Crippen LogP contribution < -0.4 is 11.3 Å². The third-order valence-corrected chi connectivity index (χ3v) is 3.60. The number of unbranched alkanes of at least 4 members (excludes halogenated alkanes) is 7. The normalized spacial score (nSPS) is 14.0. The summed E-state index contributed by atoms with van der Waals surface area (Å²) in [5.41, 5.74) is 2.12. The minimum Gasteiger partial charge on any atom is -0.294 e. The van der Waals surface area contributed by atoms with E-state index in [0.717, 1.165) is 51.4 Å². The van der Waals surface area contributed by atoms with Gasteiger partial charge in [0.25, 0.3) is 11.8 Å². The quantitative estimate of drug-likeness (QED) is 0.198. The summed E-state index contributed by atoms with van der Waals surface area (Å²) >= 11 is 0. The van der Waals surface area contributed by atoms with Gasteiger partial charge in [0.1, 0.15) is 0 Å². The summed E-state index contributed by atoms with van der Waals surface area (Å²) in [5.74, 6) is 4.51. The van der Waals surface area contributed by atoms with E-state index in [1.54, 1.807) is 0 Å². The van der Waals surface area contributed by atoms with Crippen LogP contribution >= 0.6 is 0 Å². The maximum Gasteiger partial charge on any atom is 0.253 e. The van der Waals surface area contributed by atoms with Crippen molar-refractivity contribution < 1.29 is 14.4 Å². The molecule has 1 heterocycles. The lowest BCUT2D eigenvalue weighted by molar-refractivity contribution is -0.136. The molecule has 0 fully saturated rings. The van der Waals surface area contributed by atoms with Crippen molar-refractivity contribution in [1.82, 2.24) is 10.3 Å². The lowest BCUT2D eigenvalue weighted by Gasteiger charge is -2.12. The average molecular weight is 295 g/mol. The Hall–Kier alpha value is -1.69. The molecule has 1 aliphatic heterocycles. The van der Waals surface area contributed by atoms with E-state index in [9.17, 15) is 14.4 Å². The molecule has 0 aromatic carbocycles. The maximum atomic E-state index is 11.3. The van der Waals surface area contributed by atoms with Gasteiger partial charge in [0, 0.05) is 25.1 Å². The van der Waals surface area contributed by atoms with E-state index in [0.29, 0.717) is 13.0 Å². The molecule has 6 heteroatoms. The van der Waals surface area contributed by atoms with Crippen LogP contribution in [-0.2, 0) is 14.4 Å². The van der Waals surface area contributed by atoms with Crippen molar-refractivity contribution in [2.45, 2.75) is 57.8 Å². The fourth-order valence-corrected chi connectivity index (χ4v) is 2.34. The number of carbonyl (C=O) groups excluding carboxylic acids is 3. The number of carbonyl (C=O) groups is 3. The molecule has 3 N–H and O–H groups in total. The van der Waals surface area contributed by atoms with Crippen LogP contribution in [0.25, 0.3) is 0 Å². The zero-order chi connectivity index (χ0) is 15.5. The van der Waals surface area contributed by atoms with Crippen molar-refractivity contribution >= 4 is 17.7 Å². The number of amides is 3. The number of nitrogens with zero attached hydrogens (tertiary/aromatic N) is 1. The predicted molar refractivity (Wildman–Crippen MR) is 79.7 cm³/mol. The van der Waals surface area contributed by atoms with E-state index in [-0.39, 0.29) is 17.7 Å². The van der Waals surface area contributed by atoms with Gasteiger partial charge in [-0.3, -0.25) is 24.7 Å². The van der Waals surface area contributed by atoms with Crippen LogP contribution in [0.1, 0.15) is 57.8 Å². The molecule has 0 spiro atoms. The van der Waals surface area contributed by atoms with Crippen LogP contribution in [0, 0.1) is 0 Å². The number of imide groups is 1. The van der Waals surface area contributed by atoms with Gasteiger partial charge in [-0.25, -0.2) is 5.84 Å². The fraction of sp³-hybridized carbons (Fsp3) is 0.667. The van der Waals surface area contributed by atoms with E-state index >= 15 is 0 Å². The molecule has 1 rings (SSSR count). The molecule has 0 aromatic heterocycles. The van der Waals surface area contributed by atoms with E-state index in [1.807, 2.05) is 0 Å². The van der Waals surface area contributed by atoms with Gasteiger partial charge in [0.2, 0.25) is 5.91 Å². The SMILES string of the molecule is NNC(=O)CCCCCCCCCCN1C(=O)C=CC1=O. The van der Waals surface area contributed by atoms with Crippen molar-refractivity contribution in [2.75, 3.05) is 6.54 Å². The van der Waals surface area contributed by atoms with Crippen LogP contribution in [0.15, 0.2) is 12.2 Å². The molecular formula is C15H25N3O3. The van der Waals surface area contributed by atoms with Crippen LogP contribution in [-0.4, -0.2) is 29.2 Å². The molecule has 0 radical (unpaired) electrons. The molecule has 0 atom stereocenters. The summed E-state index contributed by atoms with van der Waals surface area (Å²) in [5, 5.41) is 0. The lowest BCUT2D eigenvalue weighted by Crippen LogP contribution is -2.30. The van der Waals surface area contributed by atoms with E-state index in [4.69, 9.17) is 5.84 Å². The second-order valence-electron chi connectivity index (χ2n) is 5.31. The van der Waals surface area contributed by atoms with Gasteiger partial charge in [-0.05, 0) is 12.8 Å². The smallest absolute Gasteiger partial charge is 0.253 e. The number of rotatable bonds is 11. The van der Waals surface area contributed by atoms with Crippen LogP contribution in [0.4, 0.5) is 0 Å². The number of nitrogens with two attached hydrogens (primary N) is 1. The number of hydrazine groups is 1. The van der Waals surface area contributed by atoms with Gasteiger partial charge < -0.3 is 0 Å². The van der Waals surface area contributed by atoms with Gasteiger partial charge in [0.05, 0.1) is 0 Å². The molecule has 21 heavy (non-hydrogen) atoms. The number of hydrogen-bond acceptors (Lipinski definition) is 4. The topological polar surface area (TPSA) is 92.5 Å². The minimum absolute atomic E-state index is 0.101. The van der Waals surface area contributed by atoms with Gasteiger partial charge >= 0.3 is 0 Å². The number of nitrogens with one attached hydrogen (secondary N) is 1. The first kappa shape index (κ1) is 17.4. The second-order valence-corrected chi connectivity index (χ2v) is 5.31. The second kappa shape index (κ2) is 10.1. The third-order valence-electron chi connectivity index (χ3n) is 3.60. The van der Waals surface area contributed by atoms with Crippen molar-refractivity contribution in [3.63, 3.8) is 0 Å². The van der Waals surface area contributed by atoms with Gasteiger partial charge in [-0.1, -0.05) is 38.5 Å². The highest BCUT2D eigenvalue weighted by Gasteiger charge is 2.21. The van der Waals surface area contributed by atoms with Crippen LogP contribution in [0.5, 0.6) is 0 Å². The fourth-order valence-electron chi connectivity index (χ4n) is 2.34. The molecule has 118 valence electrons. The molecular weight excluding hydrogens is 270 g/mol. The third kappa shape index (κ3) is 7.04. The van der Waals surface area contributed by atoms with E-state index in [2.05, 4.69) is 5.43 Å². The first-order valence-corrected chi connectivity index (χ1v) is 7.68. The molecule has 0 unspecified atom stereocenters. The van der Waals surface area contributed by atoms with Gasteiger partial charge in [-0.2, -0.15) is 0 Å². The Balaban J connectivity index is 1.86. The van der Waals surface area contributed by atoms with Crippen LogP contribution in [0.3, 0.4) is 0 Å². The van der Waals surface area contributed by atoms with Crippen molar-refractivity contribution in [3.8, 4) is 0 Å². The van der Waals surface area contributed by atoms with Crippen LogP contribution in [0.2, 0.25) is 0 Å². The Bertz CT molecular complexity index is 376. The standard InChI is InChI=1S/C15H25N3O3/c16-17-13(19)9-7-5-3-1-2-4-6-8-12-18-14(20)10-11-15(18)21/h10-11H,1-9,12,16H2,(H,17,19). The highest BCUT2D eigenvalue weighted by atomic mass is 16.2.